The molecule has 1 fully saturated rings. The molecular weight excluding hydrogens is 126 g/mol. The number of hydrogen-bond donors (Lipinski definition) is 3. The fraction of sp³-hybridized carbons (Fsp3) is 0.714. The molecule has 0 spiro atoms. The molecule has 0 atom stereocenters. The van der Waals surface area contributed by atoms with E-state index < -0.39 is 0 Å². The van der Waals surface area contributed by atoms with Gasteiger partial charge in [-0.25, -0.2) is 0 Å². The van der Waals surface area contributed by atoms with Gasteiger partial charge in [-0.1, -0.05) is 0 Å². The van der Waals surface area contributed by atoms with E-state index in [4.69, 9.17) is 11.1 Å². The van der Waals surface area contributed by atoms with Crippen LogP contribution in [0.25, 0.3) is 0 Å². The highest BCUT2D eigenvalue weighted by atomic mass is 14.9. The van der Waals surface area contributed by atoms with Gasteiger partial charge in [0.15, 0.2) is 0 Å². The van der Waals surface area contributed by atoms with Crippen LogP contribution < -0.4 is 11.1 Å². The van der Waals surface area contributed by atoms with Crippen LogP contribution >= 0.6 is 0 Å². The van der Waals surface area contributed by atoms with Crippen LogP contribution in [0.2, 0.25) is 0 Å². The molecule has 0 aromatic rings. The van der Waals surface area contributed by atoms with Crippen molar-refractivity contribution < 1.29 is 0 Å². The molecule has 0 aliphatic carbocycles. The third-order valence-corrected chi connectivity index (χ3v) is 1.80. The standard InChI is InChI=1S/C7H14N3/c8-7(9)5-6-1-3-10-4-2-6/h5-6,10H,1-4H2,(H3,8,9). The lowest BCUT2D eigenvalue weighted by atomic mass is 9.94. The maximum Gasteiger partial charge on any atom is 0.0947 e. The second-order valence-corrected chi connectivity index (χ2v) is 2.71. The van der Waals surface area contributed by atoms with Gasteiger partial charge in [-0.15, -0.1) is 0 Å². The minimum Gasteiger partial charge on any atom is -0.387 e. The number of piperidine rings is 1. The highest BCUT2D eigenvalue weighted by Crippen LogP contribution is 2.13. The number of hydrogen-bond acceptors (Lipinski definition) is 2. The lowest BCUT2D eigenvalue weighted by Gasteiger charge is -2.21. The summed E-state index contributed by atoms with van der Waals surface area (Å²) in [5.41, 5.74) is 5.23. The Balaban J connectivity index is 2.19. The second-order valence-electron chi connectivity index (χ2n) is 2.71. The van der Waals surface area contributed by atoms with E-state index in [0.717, 1.165) is 25.9 Å². The summed E-state index contributed by atoms with van der Waals surface area (Å²) in [5.74, 6) is 0.755. The second kappa shape index (κ2) is 3.56. The maximum atomic E-state index is 7.03. The molecular formula is C7H14N3. The Labute approximate surface area is 61.5 Å². The summed E-state index contributed by atoms with van der Waals surface area (Å²) in [6, 6.07) is 0. The predicted octanol–water partition coefficient (Wildman–Crippen LogP) is 0.126. The third kappa shape index (κ3) is 2.35. The fourth-order valence-electron chi connectivity index (χ4n) is 1.26. The van der Waals surface area contributed by atoms with E-state index in [-0.39, 0.29) is 5.84 Å². The Morgan fingerprint density at radius 3 is 2.60 bits per heavy atom. The Morgan fingerprint density at radius 1 is 1.50 bits per heavy atom. The fourth-order valence-corrected chi connectivity index (χ4v) is 1.26. The molecule has 57 valence electrons. The molecule has 3 nitrogen and oxygen atoms in total. The smallest absolute Gasteiger partial charge is 0.0947 e. The van der Waals surface area contributed by atoms with Gasteiger partial charge in [-0.2, -0.15) is 0 Å². The van der Waals surface area contributed by atoms with Gasteiger partial charge in [-0.3, -0.25) is 5.41 Å². The molecule has 0 amide bonds. The largest absolute Gasteiger partial charge is 0.387 e. The zero-order valence-electron chi connectivity index (χ0n) is 6.06. The average Bonchev–Trinajstić information content (AvgIpc) is 1.88. The molecule has 4 N–H and O–H groups in total. The lowest BCUT2D eigenvalue weighted by molar-refractivity contribution is 0.425. The van der Waals surface area contributed by atoms with Crippen molar-refractivity contribution in [3.8, 4) is 0 Å². The van der Waals surface area contributed by atoms with Crippen LogP contribution in [0.15, 0.2) is 0 Å². The normalized spacial score (nSPS) is 20.8. The van der Waals surface area contributed by atoms with E-state index in [9.17, 15) is 0 Å². The first-order valence-corrected chi connectivity index (χ1v) is 3.68. The van der Waals surface area contributed by atoms with Crippen LogP contribution in [0.1, 0.15) is 12.8 Å². The van der Waals surface area contributed by atoms with Gasteiger partial charge in [-0.05, 0) is 31.8 Å². The topological polar surface area (TPSA) is 61.9 Å². The molecule has 0 aromatic heterocycles. The van der Waals surface area contributed by atoms with Crippen LogP contribution in [0.5, 0.6) is 0 Å². The number of amidine groups is 1. The summed E-state index contributed by atoms with van der Waals surface area (Å²) >= 11 is 0. The van der Waals surface area contributed by atoms with Crippen molar-refractivity contribution >= 4 is 5.84 Å². The van der Waals surface area contributed by atoms with Crippen molar-refractivity contribution in [2.24, 2.45) is 11.7 Å². The summed E-state index contributed by atoms with van der Waals surface area (Å²) in [4.78, 5) is 0. The summed E-state index contributed by atoms with van der Waals surface area (Å²) in [5, 5.41) is 10.3. The summed E-state index contributed by atoms with van der Waals surface area (Å²) in [7, 11) is 0. The zero-order valence-corrected chi connectivity index (χ0v) is 6.06. The van der Waals surface area contributed by atoms with E-state index in [1.54, 1.807) is 0 Å². The highest BCUT2D eigenvalue weighted by Gasteiger charge is 2.13. The van der Waals surface area contributed by atoms with Crippen LogP contribution in [-0.2, 0) is 0 Å². The van der Waals surface area contributed by atoms with Gasteiger partial charge in [0.25, 0.3) is 0 Å². The molecule has 0 unspecified atom stereocenters. The van der Waals surface area contributed by atoms with Gasteiger partial charge in [0.1, 0.15) is 0 Å². The molecule has 1 aliphatic rings. The maximum absolute atomic E-state index is 7.03. The average molecular weight is 140 g/mol. The quantitative estimate of drug-likeness (QED) is 0.377. The van der Waals surface area contributed by atoms with Crippen molar-refractivity contribution in [2.45, 2.75) is 12.8 Å². The molecule has 0 aromatic carbocycles. The van der Waals surface area contributed by atoms with Crippen molar-refractivity contribution in [3.63, 3.8) is 0 Å². The SMILES string of the molecule is N=C(N)[CH]C1CCNCC1. The number of nitrogens with one attached hydrogen (secondary N) is 2. The van der Waals surface area contributed by atoms with Crippen LogP contribution in [-0.4, -0.2) is 18.9 Å². The van der Waals surface area contributed by atoms with Crippen LogP contribution in [0.3, 0.4) is 0 Å². The molecule has 10 heavy (non-hydrogen) atoms. The first kappa shape index (κ1) is 7.54. The van der Waals surface area contributed by atoms with Crippen molar-refractivity contribution in [3.05, 3.63) is 6.42 Å². The Morgan fingerprint density at radius 2 is 2.10 bits per heavy atom. The van der Waals surface area contributed by atoms with Gasteiger partial charge in [0, 0.05) is 6.42 Å². The van der Waals surface area contributed by atoms with Crippen molar-refractivity contribution in [2.75, 3.05) is 13.1 Å². The molecule has 1 heterocycles. The molecule has 0 bridgehead atoms. The summed E-state index contributed by atoms with van der Waals surface area (Å²) in [6.45, 7) is 2.13. The first-order valence-electron chi connectivity index (χ1n) is 3.68. The minimum atomic E-state index is 0.215. The van der Waals surface area contributed by atoms with Crippen molar-refractivity contribution in [1.82, 2.24) is 5.32 Å². The van der Waals surface area contributed by atoms with E-state index >= 15 is 0 Å². The molecule has 1 saturated heterocycles. The van der Waals surface area contributed by atoms with Gasteiger partial charge < -0.3 is 11.1 Å². The number of rotatable bonds is 2. The minimum absolute atomic E-state index is 0.215. The van der Waals surface area contributed by atoms with E-state index in [1.165, 1.54) is 0 Å². The molecule has 1 rings (SSSR count). The Bertz CT molecular complexity index is 116. The number of nitrogens with two attached hydrogens (primary N) is 1. The molecule has 1 aliphatic heterocycles. The predicted molar refractivity (Wildman–Crippen MR) is 41.8 cm³/mol. The van der Waals surface area contributed by atoms with Gasteiger partial charge in [0.05, 0.1) is 5.84 Å². The Hall–Kier alpha value is -0.570. The molecule has 0 saturated carbocycles. The Kier molecular flexibility index (Phi) is 2.68. The summed E-state index contributed by atoms with van der Waals surface area (Å²) < 4.78 is 0. The molecule has 1 radical (unpaired) electrons. The van der Waals surface area contributed by atoms with Crippen LogP contribution in [0, 0.1) is 17.7 Å². The highest BCUT2D eigenvalue weighted by molar-refractivity contribution is 5.85. The van der Waals surface area contributed by atoms with Gasteiger partial charge >= 0.3 is 0 Å². The zero-order chi connectivity index (χ0) is 7.40. The monoisotopic (exact) mass is 140 g/mol. The van der Waals surface area contributed by atoms with Crippen LogP contribution in [0.4, 0.5) is 0 Å². The van der Waals surface area contributed by atoms with E-state index in [0.29, 0.717) is 5.92 Å². The third-order valence-electron chi connectivity index (χ3n) is 1.80. The van der Waals surface area contributed by atoms with E-state index in [1.807, 2.05) is 6.42 Å². The lowest BCUT2D eigenvalue weighted by Crippen LogP contribution is -2.30. The van der Waals surface area contributed by atoms with E-state index in [2.05, 4.69) is 5.32 Å². The van der Waals surface area contributed by atoms with Crippen molar-refractivity contribution in [1.29, 1.82) is 5.41 Å². The van der Waals surface area contributed by atoms with Gasteiger partial charge in [0.2, 0.25) is 0 Å². The first-order chi connectivity index (χ1) is 4.79. The molecule has 3 heteroatoms. The summed E-state index contributed by atoms with van der Waals surface area (Å²) in [6.07, 6.45) is 4.10.